The van der Waals surface area contributed by atoms with Crippen LogP contribution in [0.3, 0.4) is 0 Å². The van der Waals surface area contributed by atoms with Crippen LogP contribution in [0.5, 0.6) is 0 Å². The quantitative estimate of drug-likeness (QED) is 0.328. The Morgan fingerprint density at radius 3 is 1.96 bits per heavy atom. The molecule has 0 spiro atoms. The molecular weight excluding hydrogens is 320 g/mol. The molecule has 1 aromatic carbocycles. The van der Waals surface area contributed by atoms with E-state index in [2.05, 4.69) is 31.2 Å². The Kier molecular flexibility index (Phi) is 8.67. The zero-order chi connectivity index (χ0) is 18.7. The normalized spacial score (nSPS) is 21.8. The second-order valence-electron chi connectivity index (χ2n) is 7.58. The van der Waals surface area contributed by atoms with Crippen molar-refractivity contribution in [1.82, 2.24) is 0 Å². The molecular formula is C24H34O2. The Morgan fingerprint density at radius 2 is 1.42 bits per heavy atom. The molecule has 26 heavy (non-hydrogen) atoms. The van der Waals surface area contributed by atoms with Crippen LogP contribution in [-0.4, -0.2) is 11.1 Å². The molecule has 0 radical (unpaired) electrons. The Bertz CT molecular complexity index is 571. The monoisotopic (exact) mass is 354 g/mol. The fraction of sp³-hybridized carbons (Fsp3) is 0.542. The van der Waals surface area contributed by atoms with Crippen LogP contribution in [-0.2, 0) is 4.79 Å². The number of aliphatic carboxylic acids is 1. The van der Waals surface area contributed by atoms with Crippen molar-refractivity contribution in [3.8, 4) is 0 Å². The maximum atomic E-state index is 11.9. The van der Waals surface area contributed by atoms with E-state index >= 15 is 0 Å². The number of rotatable bonds is 12. The van der Waals surface area contributed by atoms with Crippen LogP contribution >= 0.6 is 0 Å². The van der Waals surface area contributed by atoms with E-state index in [9.17, 15) is 9.90 Å². The van der Waals surface area contributed by atoms with Gasteiger partial charge in [-0.2, -0.15) is 0 Å². The summed E-state index contributed by atoms with van der Waals surface area (Å²) in [5.74, 6) is -0.539. The van der Waals surface area contributed by atoms with Crippen LogP contribution in [0.4, 0.5) is 0 Å². The lowest BCUT2D eigenvalue weighted by Gasteiger charge is -2.27. The van der Waals surface area contributed by atoms with Gasteiger partial charge in [0.25, 0.3) is 0 Å². The number of unbranched alkanes of at least 4 members (excludes halogenated alkanes) is 8. The summed E-state index contributed by atoms with van der Waals surface area (Å²) < 4.78 is 0. The SMILES string of the molecule is CCCCCCCCCCCC1(C(=O)O)C=CC(c2ccccc2)C=C1. The van der Waals surface area contributed by atoms with Crippen molar-refractivity contribution in [2.75, 3.05) is 0 Å². The Labute approximate surface area is 159 Å². The van der Waals surface area contributed by atoms with Crippen molar-refractivity contribution in [3.05, 3.63) is 60.2 Å². The van der Waals surface area contributed by atoms with E-state index in [0.29, 0.717) is 6.42 Å². The minimum atomic E-state index is -0.813. The molecule has 2 rings (SSSR count). The third-order valence-electron chi connectivity index (χ3n) is 5.48. The molecule has 0 amide bonds. The first-order valence-corrected chi connectivity index (χ1v) is 10.3. The maximum absolute atomic E-state index is 11.9. The topological polar surface area (TPSA) is 37.3 Å². The van der Waals surface area contributed by atoms with E-state index < -0.39 is 11.4 Å². The van der Waals surface area contributed by atoms with Gasteiger partial charge in [-0.05, 0) is 12.0 Å². The van der Waals surface area contributed by atoms with E-state index in [1.54, 1.807) is 0 Å². The highest BCUT2D eigenvalue weighted by molar-refractivity contribution is 5.80. The molecule has 2 heteroatoms. The number of hydrogen-bond acceptors (Lipinski definition) is 1. The minimum absolute atomic E-state index is 0.187. The van der Waals surface area contributed by atoms with Gasteiger partial charge in [0.1, 0.15) is 5.41 Å². The Balaban J connectivity index is 1.75. The summed E-state index contributed by atoms with van der Waals surface area (Å²) in [6.45, 7) is 2.24. The second-order valence-corrected chi connectivity index (χ2v) is 7.58. The van der Waals surface area contributed by atoms with Crippen LogP contribution in [0, 0.1) is 5.41 Å². The van der Waals surface area contributed by atoms with Crippen molar-refractivity contribution in [1.29, 1.82) is 0 Å². The molecule has 1 aliphatic rings. The molecule has 2 nitrogen and oxygen atoms in total. The third kappa shape index (κ3) is 6.16. The summed E-state index contributed by atoms with van der Waals surface area (Å²) in [4.78, 5) is 11.9. The van der Waals surface area contributed by atoms with Crippen molar-refractivity contribution < 1.29 is 9.90 Å². The standard InChI is InChI=1S/C24H34O2/c1-2-3-4-5-6-7-8-9-13-18-24(23(25)26)19-16-22(17-20-24)21-14-11-10-12-15-21/h10-12,14-17,19-20,22H,2-9,13,18H2,1H3,(H,25,26). The summed E-state index contributed by atoms with van der Waals surface area (Å²) in [5.41, 5.74) is 0.397. The number of benzene rings is 1. The Hall–Kier alpha value is -1.83. The summed E-state index contributed by atoms with van der Waals surface area (Å²) in [5, 5.41) is 9.77. The van der Waals surface area contributed by atoms with E-state index in [1.807, 2.05) is 30.4 Å². The molecule has 1 N–H and O–H groups in total. The van der Waals surface area contributed by atoms with Crippen molar-refractivity contribution >= 4 is 5.97 Å². The average molecular weight is 355 g/mol. The fourth-order valence-electron chi connectivity index (χ4n) is 3.71. The van der Waals surface area contributed by atoms with E-state index in [4.69, 9.17) is 0 Å². The second kappa shape index (κ2) is 11.0. The lowest BCUT2D eigenvalue weighted by Crippen LogP contribution is -2.28. The number of carboxylic acid groups (broad SMARTS) is 1. The number of carbonyl (C=O) groups is 1. The van der Waals surface area contributed by atoms with Crippen molar-refractivity contribution in [2.24, 2.45) is 5.41 Å². The summed E-state index contributed by atoms with van der Waals surface area (Å²) >= 11 is 0. The third-order valence-corrected chi connectivity index (χ3v) is 5.48. The predicted octanol–water partition coefficient (Wildman–Crippen LogP) is 6.89. The molecule has 0 atom stereocenters. The number of allylic oxidation sites excluding steroid dienone is 2. The molecule has 1 aromatic rings. The zero-order valence-electron chi connectivity index (χ0n) is 16.2. The van der Waals surface area contributed by atoms with Gasteiger partial charge in [-0.15, -0.1) is 0 Å². The molecule has 0 aliphatic heterocycles. The highest BCUT2D eigenvalue weighted by Crippen LogP contribution is 2.36. The lowest BCUT2D eigenvalue weighted by atomic mass is 9.76. The summed E-state index contributed by atoms with van der Waals surface area (Å²) in [7, 11) is 0. The van der Waals surface area contributed by atoms with Gasteiger partial charge in [-0.1, -0.05) is 119 Å². The highest BCUT2D eigenvalue weighted by atomic mass is 16.4. The van der Waals surface area contributed by atoms with Crippen LogP contribution in [0.15, 0.2) is 54.6 Å². The van der Waals surface area contributed by atoms with Gasteiger partial charge in [-0.3, -0.25) is 4.79 Å². The van der Waals surface area contributed by atoms with Crippen molar-refractivity contribution in [2.45, 2.75) is 77.0 Å². The predicted molar refractivity (Wildman–Crippen MR) is 109 cm³/mol. The van der Waals surface area contributed by atoms with Gasteiger partial charge in [0.15, 0.2) is 0 Å². The molecule has 0 bridgehead atoms. The fourth-order valence-corrected chi connectivity index (χ4v) is 3.71. The summed E-state index contributed by atoms with van der Waals surface area (Å²) in [6.07, 6.45) is 19.9. The van der Waals surface area contributed by atoms with E-state index in [-0.39, 0.29) is 5.92 Å². The lowest BCUT2D eigenvalue weighted by molar-refractivity contribution is -0.144. The molecule has 0 heterocycles. The van der Waals surface area contributed by atoms with Crippen LogP contribution in [0.1, 0.15) is 82.6 Å². The van der Waals surface area contributed by atoms with Crippen LogP contribution in [0.25, 0.3) is 0 Å². The molecule has 0 unspecified atom stereocenters. The van der Waals surface area contributed by atoms with Gasteiger partial charge in [0.05, 0.1) is 0 Å². The number of hydrogen-bond donors (Lipinski definition) is 1. The van der Waals surface area contributed by atoms with Crippen molar-refractivity contribution in [3.63, 3.8) is 0 Å². The van der Waals surface area contributed by atoms with E-state index in [1.165, 1.54) is 50.5 Å². The Morgan fingerprint density at radius 1 is 0.885 bits per heavy atom. The first-order valence-electron chi connectivity index (χ1n) is 10.3. The summed E-state index contributed by atoms with van der Waals surface area (Å²) in [6, 6.07) is 10.2. The maximum Gasteiger partial charge on any atom is 0.317 e. The first kappa shape index (κ1) is 20.5. The molecule has 0 aromatic heterocycles. The largest absolute Gasteiger partial charge is 0.480 e. The molecule has 1 aliphatic carbocycles. The van der Waals surface area contributed by atoms with Gasteiger partial charge < -0.3 is 5.11 Å². The van der Waals surface area contributed by atoms with Gasteiger partial charge >= 0.3 is 5.97 Å². The van der Waals surface area contributed by atoms with Crippen LogP contribution < -0.4 is 0 Å². The average Bonchev–Trinajstić information content (AvgIpc) is 2.68. The first-order chi connectivity index (χ1) is 12.7. The number of carboxylic acids is 1. The minimum Gasteiger partial charge on any atom is -0.480 e. The molecule has 142 valence electrons. The molecule has 0 saturated carbocycles. The van der Waals surface area contributed by atoms with Gasteiger partial charge in [0.2, 0.25) is 0 Å². The van der Waals surface area contributed by atoms with Gasteiger partial charge in [-0.25, -0.2) is 0 Å². The van der Waals surface area contributed by atoms with Crippen LogP contribution in [0.2, 0.25) is 0 Å². The highest BCUT2D eigenvalue weighted by Gasteiger charge is 2.34. The van der Waals surface area contributed by atoms with Gasteiger partial charge in [0, 0.05) is 5.92 Å². The van der Waals surface area contributed by atoms with E-state index in [0.717, 1.165) is 12.8 Å². The zero-order valence-corrected chi connectivity index (χ0v) is 16.2. The molecule has 0 fully saturated rings. The smallest absolute Gasteiger partial charge is 0.317 e. The molecule has 0 saturated heterocycles.